The Labute approximate surface area is 268 Å². The van der Waals surface area contributed by atoms with Crippen molar-refractivity contribution in [3.63, 3.8) is 0 Å². The first-order chi connectivity index (χ1) is 20.8. The lowest BCUT2D eigenvalue weighted by Crippen LogP contribution is -2.47. The van der Waals surface area contributed by atoms with Gasteiger partial charge in [0.2, 0.25) is 0 Å². The minimum atomic E-state index is -1.51. The molecule has 12 heteroatoms. The van der Waals surface area contributed by atoms with E-state index in [4.69, 9.17) is 44.6 Å². The number of ether oxygens (including phenoxy) is 1. The van der Waals surface area contributed by atoms with Crippen LogP contribution in [0.15, 0.2) is 71.8 Å². The maximum absolute atomic E-state index is 13.1. The molecule has 3 aromatic rings. The Morgan fingerprint density at radius 2 is 1.55 bits per heavy atom. The fraction of sp³-hybridized carbons (Fsp3) is 0.281. The second-order valence-corrected chi connectivity index (χ2v) is 12.4. The monoisotopic (exact) mass is 656 g/mol. The number of carbonyl (C=O) groups excluding carboxylic acids is 2. The van der Waals surface area contributed by atoms with Gasteiger partial charge in [0.05, 0.1) is 22.7 Å². The number of Topliss-reactive ketones (excluding diaryl/α,β-unsaturated/α-hetero) is 2. The number of hydrazone groups is 1. The molecule has 3 aliphatic rings. The first kappa shape index (κ1) is 31.7. The standard InChI is InChI=1S/C20H17ClO3.C12H10Cl2N2O4/c1-2-19(17(22)15-8-3-4-9-16(15)18(19)23)11-20(12-24-20)13-6-5-7-14(21)10-13;1-12(11(19)20)5-8(10(17)18)15-16(12)9-3-2-6(13)4-7(9)14/h3-10H,2,11-12H2,1H3;2-4H,5H2,1H3,(H,17,18)(H,19,20). The average molecular weight is 658 g/mol. The van der Waals surface area contributed by atoms with E-state index in [0.29, 0.717) is 40.6 Å². The van der Waals surface area contributed by atoms with Crippen LogP contribution >= 0.6 is 34.8 Å². The number of carboxylic acid groups (broad SMARTS) is 2. The zero-order valence-corrected chi connectivity index (χ0v) is 25.9. The maximum Gasteiger partial charge on any atom is 0.352 e. The van der Waals surface area contributed by atoms with Gasteiger partial charge in [0.1, 0.15) is 11.3 Å². The maximum atomic E-state index is 13.1. The van der Waals surface area contributed by atoms with Crippen LogP contribution in [0.3, 0.4) is 0 Å². The van der Waals surface area contributed by atoms with E-state index in [-0.39, 0.29) is 34.4 Å². The third-order valence-electron chi connectivity index (χ3n) is 8.37. The average Bonchev–Trinajstić information content (AvgIpc) is 3.64. The molecule has 2 atom stereocenters. The Morgan fingerprint density at radius 3 is 2.05 bits per heavy atom. The normalized spacial score (nSPS) is 23.0. The van der Waals surface area contributed by atoms with Gasteiger partial charge in [-0.2, -0.15) is 5.10 Å². The molecule has 9 nitrogen and oxygen atoms in total. The van der Waals surface area contributed by atoms with Gasteiger partial charge in [0.15, 0.2) is 17.1 Å². The van der Waals surface area contributed by atoms with Crippen molar-refractivity contribution in [1.29, 1.82) is 0 Å². The number of benzene rings is 3. The third-order valence-corrected chi connectivity index (χ3v) is 9.14. The van der Waals surface area contributed by atoms with Crippen molar-refractivity contribution in [2.75, 3.05) is 11.6 Å². The molecule has 0 amide bonds. The summed E-state index contributed by atoms with van der Waals surface area (Å²) in [6, 6.07) is 19.0. The number of ketones is 2. The molecule has 1 fully saturated rings. The second-order valence-electron chi connectivity index (χ2n) is 11.1. The molecule has 3 aromatic carbocycles. The first-order valence-corrected chi connectivity index (χ1v) is 14.8. The van der Waals surface area contributed by atoms with Crippen LogP contribution in [0.4, 0.5) is 5.69 Å². The Morgan fingerprint density at radius 1 is 0.932 bits per heavy atom. The van der Waals surface area contributed by atoms with Gasteiger partial charge in [-0.05, 0) is 49.2 Å². The van der Waals surface area contributed by atoms with Gasteiger partial charge in [-0.3, -0.25) is 9.59 Å². The number of carbonyl (C=O) groups is 4. The molecule has 2 unspecified atom stereocenters. The smallest absolute Gasteiger partial charge is 0.352 e. The topological polar surface area (TPSA) is 137 Å². The van der Waals surface area contributed by atoms with Crippen LogP contribution < -0.4 is 5.01 Å². The van der Waals surface area contributed by atoms with Crippen LogP contribution in [0, 0.1) is 5.41 Å². The summed E-state index contributed by atoms with van der Waals surface area (Å²) >= 11 is 17.9. The highest BCUT2D eigenvalue weighted by atomic mass is 35.5. The summed E-state index contributed by atoms with van der Waals surface area (Å²) < 4.78 is 5.76. The number of rotatable bonds is 7. The van der Waals surface area contributed by atoms with E-state index in [1.807, 2.05) is 25.1 Å². The molecule has 6 rings (SSSR count). The predicted octanol–water partition coefficient (Wildman–Crippen LogP) is 6.92. The molecule has 1 aliphatic carbocycles. The van der Waals surface area contributed by atoms with E-state index in [0.717, 1.165) is 10.6 Å². The molecular formula is C32H27Cl3N2O7. The van der Waals surface area contributed by atoms with Gasteiger partial charge in [-0.1, -0.05) is 78.1 Å². The van der Waals surface area contributed by atoms with E-state index in [2.05, 4.69) is 5.10 Å². The number of epoxide rings is 1. The van der Waals surface area contributed by atoms with Crippen molar-refractivity contribution >= 4 is 69.7 Å². The van der Waals surface area contributed by atoms with Crippen LogP contribution in [0.1, 0.15) is 59.4 Å². The molecule has 228 valence electrons. The van der Waals surface area contributed by atoms with Crippen LogP contribution in [0.5, 0.6) is 0 Å². The molecule has 0 spiro atoms. The Hall–Kier alpha value is -3.76. The van der Waals surface area contributed by atoms with Gasteiger partial charge in [-0.15, -0.1) is 0 Å². The molecule has 0 radical (unpaired) electrons. The summed E-state index contributed by atoms with van der Waals surface area (Å²) in [5.74, 6) is -2.61. The number of halogens is 3. The van der Waals surface area contributed by atoms with Crippen molar-refractivity contribution in [1.82, 2.24) is 0 Å². The highest BCUT2D eigenvalue weighted by molar-refractivity contribution is 6.39. The Bertz CT molecular complexity index is 1700. The van der Waals surface area contributed by atoms with Crippen LogP contribution in [-0.4, -0.2) is 51.6 Å². The first-order valence-electron chi connectivity index (χ1n) is 13.7. The summed E-state index contributed by atoms with van der Waals surface area (Å²) in [5, 5.41) is 24.6. The summed E-state index contributed by atoms with van der Waals surface area (Å²) in [4.78, 5) is 48.6. The van der Waals surface area contributed by atoms with E-state index in [1.54, 1.807) is 30.3 Å². The van der Waals surface area contributed by atoms with Gasteiger partial charge in [0.25, 0.3) is 0 Å². The zero-order chi connectivity index (χ0) is 32.0. The van der Waals surface area contributed by atoms with Gasteiger partial charge < -0.3 is 14.9 Å². The lowest BCUT2D eigenvalue weighted by Gasteiger charge is -2.30. The highest BCUT2D eigenvalue weighted by Crippen LogP contribution is 2.53. The number of nitrogens with zero attached hydrogens (tertiary/aromatic N) is 2. The summed E-state index contributed by atoms with van der Waals surface area (Å²) in [5.41, 5.74) is -1.09. The van der Waals surface area contributed by atoms with Crippen molar-refractivity contribution < 1.29 is 34.1 Å². The fourth-order valence-corrected chi connectivity index (χ4v) is 6.43. The van der Waals surface area contributed by atoms with Crippen LogP contribution in [-0.2, 0) is 19.9 Å². The molecule has 2 heterocycles. The molecular weight excluding hydrogens is 631 g/mol. The van der Waals surface area contributed by atoms with E-state index in [1.165, 1.54) is 25.1 Å². The molecule has 2 N–H and O–H groups in total. The minimum Gasteiger partial charge on any atom is -0.479 e. The van der Waals surface area contributed by atoms with Crippen LogP contribution in [0.2, 0.25) is 15.1 Å². The zero-order valence-electron chi connectivity index (χ0n) is 23.6. The lowest BCUT2D eigenvalue weighted by atomic mass is 9.71. The Balaban J connectivity index is 0.000000178. The summed E-state index contributed by atoms with van der Waals surface area (Å²) in [7, 11) is 0. The molecule has 0 bridgehead atoms. The summed E-state index contributed by atoms with van der Waals surface area (Å²) in [6.45, 7) is 3.79. The largest absolute Gasteiger partial charge is 0.479 e. The van der Waals surface area contributed by atoms with E-state index < -0.39 is 28.5 Å². The fourth-order valence-electron chi connectivity index (χ4n) is 5.75. The molecule has 44 heavy (non-hydrogen) atoms. The number of fused-ring (bicyclic) bond motifs is 1. The van der Waals surface area contributed by atoms with Gasteiger partial charge in [-0.25, -0.2) is 14.6 Å². The third kappa shape index (κ3) is 5.38. The second kappa shape index (κ2) is 11.6. The molecule has 0 saturated carbocycles. The number of hydrogen-bond donors (Lipinski definition) is 2. The SMILES string of the molecule is CC1(C(=O)O)CC(C(=O)O)=NN1c1ccc(Cl)cc1Cl.CCC1(CC2(c3cccc(Cl)c3)CO2)C(=O)c2ccccc2C1=O. The van der Waals surface area contributed by atoms with Crippen molar-refractivity contribution in [3.05, 3.63) is 98.5 Å². The van der Waals surface area contributed by atoms with Crippen LogP contribution in [0.25, 0.3) is 0 Å². The Kier molecular flexibility index (Phi) is 8.37. The number of hydrogen-bond acceptors (Lipinski definition) is 7. The molecule has 2 aliphatic heterocycles. The summed E-state index contributed by atoms with van der Waals surface area (Å²) in [6.07, 6.45) is 0.602. The molecule has 1 saturated heterocycles. The van der Waals surface area contributed by atoms with Gasteiger partial charge >= 0.3 is 11.9 Å². The van der Waals surface area contributed by atoms with Gasteiger partial charge in [0, 0.05) is 34.0 Å². The number of aliphatic carboxylic acids is 2. The van der Waals surface area contributed by atoms with E-state index >= 15 is 0 Å². The van der Waals surface area contributed by atoms with Crippen molar-refractivity contribution in [2.45, 2.75) is 44.2 Å². The quantitative estimate of drug-likeness (QED) is 0.206. The highest BCUT2D eigenvalue weighted by Gasteiger charge is 2.60. The number of anilines is 1. The van der Waals surface area contributed by atoms with E-state index in [9.17, 15) is 24.3 Å². The minimum absolute atomic E-state index is 0.0810. The predicted molar refractivity (Wildman–Crippen MR) is 166 cm³/mol. The van der Waals surface area contributed by atoms with Crippen molar-refractivity contribution in [2.24, 2.45) is 10.5 Å². The molecule has 0 aromatic heterocycles. The lowest BCUT2D eigenvalue weighted by molar-refractivity contribution is -0.142. The number of carboxylic acids is 2. The van der Waals surface area contributed by atoms with Crippen molar-refractivity contribution in [3.8, 4) is 0 Å².